The molecule has 2 aromatic carbocycles. The molecule has 3 rings (SSSR count). The van der Waals surface area contributed by atoms with E-state index in [9.17, 15) is 9.18 Å². The lowest BCUT2D eigenvalue weighted by atomic mass is 9.98. The van der Waals surface area contributed by atoms with E-state index >= 15 is 0 Å². The van der Waals surface area contributed by atoms with E-state index in [4.69, 9.17) is 15.2 Å². The van der Waals surface area contributed by atoms with E-state index in [1.54, 1.807) is 12.1 Å². The van der Waals surface area contributed by atoms with Gasteiger partial charge in [0, 0.05) is 12.0 Å². The molecule has 0 aromatic heterocycles. The van der Waals surface area contributed by atoms with Gasteiger partial charge in [-0.15, -0.1) is 0 Å². The van der Waals surface area contributed by atoms with Gasteiger partial charge in [0.15, 0.2) is 0 Å². The lowest BCUT2D eigenvalue weighted by Crippen LogP contribution is -2.22. The number of hydrogen-bond donors (Lipinski definition) is 1. The van der Waals surface area contributed by atoms with Crippen molar-refractivity contribution in [2.24, 2.45) is 5.73 Å². The van der Waals surface area contributed by atoms with Crippen LogP contribution in [0.4, 0.5) is 9.18 Å². The maximum Gasteiger partial charge on any atom is 0.405 e. The van der Waals surface area contributed by atoms with Crippen LogP contribution in [-0.2, 0) is 4.74 Å². The molecule has 5 heteroatoms. The highest BCUT2D eigenvalue weighted by Crippen LogP contribution is 2.37. The van der Waals surface area contributed by atoms with Crippen LogP contribution < -0.4 is 10.5 Å². The quantitative estimate of drug-likeness (QED) is 0.920. The maximum absolute atomic E-state index is 13.0. The van der Waals surface area contributed by atoms with Crippen LogP contribution in [-0.4, -0.2) is 12.7 Å². The van der Waals surface area contributed by atoms with Crippen molar-refractivity contribution in [3.8, 4) is 16.9 Å². The molecule has 2 N–H and O–H groups in total. The molecule has 0 saturated heterocycles. The van der Waals surface area contributed by atoms with Crippen molar-refractivity contribution in [1.29, 1.82) is 0 Å². The van der Waals surface area contributed by atoms with Crippen LogP contribution in [0.3, 0.4) is 0 Å². The summed E-state index contributed by atoms with van der Waals surface area (Å²) in [6, 6.07) is 11.8. The number of carbonyl (C=O) groups excluding carboxylic acids is 1. The zero-order valence-corrected chi connectivity index (χ0v) is 11.2. The molecule has 0 fully saturated rings. The summed E-state index contributed by atoms with van der Waals surface area (Å²) >= 11 is 0. The Hall–Kier alpha value is -2.56. The summed E-state index contributed by atoms with van der Waals surface area (Å²) in [5.41, 5.74) is 7.68. The predicted octanol–water partition coefficient (Wildman–Crippen LogP) is 3.41. The minimum atomic E-state index is -0.796. The van der Waals surface area contributed by atoms with E-state index in [1.807, 2.05) is 18.2 Å². The summed E-state index contributed by atoms with van der Waals surface area (Å²) in [6.07, 6.45) is -0.602. The molecule has 4 nitrogen and oxygen atoms in total. The van der Waals surface area contributed by atoms with Crippen molar-refractivity contribution < 1.29 is 18.7 Å². The number of ether oxygens (including phenoxy) is 2. The second kappa shape index (κ2) is 5.44. The number of hydrogen-bond acceptors (Lipinski definition) is 3. The number of carbonyl (C=O) groups is 1. The van der Waals surface area contributed by atoms with Gasteiger partial charge in [-0.25, -0.2) is 9.18 Å². The monoisotopic (exact) mass is 287 g/mol. The fraction of sp³-hybridized carbons (Fsp3) is 0.188. The molecular weight excluding hydrogens is 273 g/mol. The van der Waals surface area contributed by atoms with Gasteiger partial charge < -0.3 is 15.2 Å². The Morgan fingerprint density at radius 3 is 2.62 bits per heavy atom. The Morgan fingerprint density at radius 2 is 1.90 bits per heavy atom. The molecule has 21 heavy (non-hydrogen) atoms. The molecule has 108 valence electrons. The van der Waals surface area contributed by atoms with Crippen LogP contribution in [0.25, 0.3) is 11.1 Å². The van der Waals surface area contributed by atoms with Crippen molar-refractivity contribution in [2.75, 3.05) is 6.61 Å². The highest BCUT2D eigenvalue weighted by molar-refractivity contribution is 5.68. The number of nitrogens with two attached hydrogens (primary N) is 1. The second-order valence-corrected chi connectivity index (χ2v) is 4.82. The molecule has 0 spiro atoms. The van der Waals surface area contributed by atoms with Crippen molar-refractivity contribution >= 4 is 6.09 Å². The minimum absolute atomic E-state index is 0.275. The molecule has 2 aromatic rings. The summed E-state index contributed by atoms with van der Waals surface area (Å²) < 4.78 is 23.7. The number of amides is 1. The minimum Gasteiger partial charge on any atom is -0.493 e. The average molecular weight is 287 g/mol. The molecule has 1 atom stereocenters. The molecular formula is C16H14FNO3. The van der Waals surface area contributed by atoms with Crippen LogP contribution in [0.5, 0.6) is 5.75 Å². The van der Waals surface area contributed by atoms with E-state index in [-0.39, 0.29) is 11.9 Å². The van der Waals surface area contributed by atoms with Gasteiger partial charge in [0.05, 0.1) is 6.61 Å². The molecule has 0 bridgehead atoms. The first kappa shape index (κ1) is 13.4. The summed E-state index contributed by atoms with van der Waals surface area (Å²) in [6.45, 7) is 0.456. The average Bonchev–Trinajstić information content (AvgIpc) is 2.47. The van der Waals surface area contributed by atoms with Gasteiger partial charge in [-0.05, 0) is 29.3 Å². The maximum atomic E-state index is 13.0. The van der Waals surface area contributed by atoms with E-state index in [0.29, 0.717) is 18.8 Å². The van der Waals surface area contributed by atoms with Crippen molar-refractivity contribution in [3.05, 3.63) is 53.8 Å². The molecule has 0 aliphatic carbocycles. The van der Waals surface area contributed by atoms with E-state index in [1.165, 1.54) is 12.1 Å². The topological polar surface area (TPSA) is 61.6 Å². The Bertz CT molecular complexity index is 670. The molecule has 1 unspecified atom stereocenters. The van der Waals surface area contributed by atoms with Gasteiger partial charge >= 0.3 is 6.09 Å². The zero-order valence-electron chi connectivity index (χ0n) is 11.2. The van der Waals surface area contributed by atoms with Crippen LogP contribution in [0.1, 0.15) is 18.1 Å². The number of halogens is 1. The Balaban J connectivity index is 1.94. The third kappa shape index (κ3) is 2.81. The van der Waals surface area contributed by atoms with E-state index in [2.05, 4.69) is 0 Å². The van der Waals surface area contributed by atoms with Gasteiger partial charge in [-0.1, -0.05) is 24.3 Å². The summed E-state index contributed by atoms with van der Waals surface area (Å²) in [7, 11) is 0. The molecule has 1 aliphatic rings. The smallest absolute Gasteiger partial charge is 0.405 e. The predicted molar refractivity (Wildman–Crippen MR) is 75.4 cm³/mol. The zero-order chi connectivity index (χ0) is 14.8. The molecule has 0 radical (unpaired) electrons. The number of rotatable bonds is 2. The largest absolute Gasteiger partial charge is 0.493 e. The van der Waals surface area contributed by atoms with E-state index < -0.39 is 6.09 Å². The number of primary amides is 1. The molecule has 0 saturated carbocycles. The highest BCUT2D eigenvalue weighted by atomic mass is 19.1. The first-order valence-electron chi connectivity index (χ1n) is 6.62. The molecule has 1 aliphatic heterocycles. The van der Waals surface area contributed by atoms with Crippen LogP contribution in [0.2, 0.25) is 0 Å². The normalized spacial score (nSPS) is 16.7. The second-order valence-electron chi connectivity index (χ2n) is 4.82. The van der Waals surface area contributed by atoms with Gasteiger partial charge in [-0.3, -0.25) is 0 Å². The fourth-order valence-electron chi connectivity index (χ4n) is 2.44. The molecule has 1 heterocycles. The lowest BCUT2D eigenvalue weighted by Gasteiger charge is -2.25. The summed E-state index contributed by atoms with van der Waals surface area (Å²) in [4.78, 5) is 10.9. The summed E-state index contributed by atoms with van der Waals surface area (Å²) in [5, 5.41) is 0. The van der Waals surface area contributed by atoms with Crippen molar-refractivity contribution in [3.63, 3.8) is 0 Å². The van der Waals surface area contributed by atoms with E-state index in [0.717, 1.165) is 16.7 Å². The Morgan fingerprint density at radius 1 is 1.19 bits per heavy atom. The van der Waals surface area contributed by atoms with Gasteiger partial charge in [0.25, 0.3) is 0 Å². The SMILES string of the molecule is NC(=O)OC1CCOc2cc(-c3ccc(F)cc3)ccc21. The van der Waals surface area contributed by atoms with Crippen LogP contribution >= 0.6 is 0 Å². The third-order valence-corrected chi connectivity index (χ3v) is 3.43. The Labute approximate surface area is 121 Å². The number of fused-ring (bicyclic) bond motifs is 1. The highest BCUT2D eigenvalue weighted by Gasteiger charge is 2.24. The van der Waals surface area contributed by atoms with Crippen molar-refractivity contribution in [2.45, 2.75) is 12.5 Å². The van der Waals surface area contributed by atoms with Crippen LogP contribution in [0, 0.1) is 5.82 Å². The van der Waals surface area contributed by atoms with Gasteiger partial charge in [0.2, 0.25) is 0 Å². The van der Waals surface area contributed by atoms with Gasteiger partial charge in [0.1, 0.15) is 17.7 Å². The fourth-order valence-corrected chi connectivity index (χ4v) is 2.44. The standard InChI is InChI=1S/C16H14FNO3/c17-12-4-1-10(2-5-12)11-3-6-13-14(21-16(18)19)7-8-20-15(13)9-11/h1-6,9,14H,7-8H2,(H2,18,19). The molecule has 1 amide bonds. The van der Waals surface area contributed by atoms with Gasteiger partial charge in [-0.2, -0.15) is 0 Å². The third-order valence-electron chi connectivity index (χ3n) is 3.43. The Kier molecular flexibility index (Phi) is 3.48. The first-order valence-corrected chi connectivity index (χ1v) is 6.62. The number of benzene rings is 2. The van der Waals surface area contributed by atoms with Crippen LogP contribution in [0.15, 0.2) is 42.5 Å². The van der Waals surface area contributed by atoms with Crippen molar-refractivity contribution in [1.82, 2.24) is 0 Å². The first-order chi connectivity index (χ1) is 10.1. The lowest BCUT2D eigenvalue weighted by molar-refractivity contribution is 0.0766. The summed E-state index contributed by atoms with van der Waals surface area (Å²) in [5.74, 6) is 0.386.